The first-order valence-corrected chi connectivity index (χ1v) is 4.76. The Hall–Kier alpha value is -2.15. The van der Waals surface area contributed by atoms with Crippen molar-refractivity contribution in [3.05, 3.63) is 24.3 Å². The van der Waals surface area contributed by atoms with Crippen LogP contribution >= 0.6 is 0 Å². The molecule has 4 heteroatoms. The van der Waals surface area contributed by atoms with Crippen LogP contribution in [-0.4, -0.2) is 18.7 Å². The molecule has 1 unspecified atom stereocenters. The van der Waals surface area contributed by atoms with Gasteiger partial charge >= 0.3 is 5.97 Å². The fraction of sp³-hybridized carbons (Fsp3) is 0.250. The summed E-state index contributed by atoms with van der Waals surface area (Å²) in [7, 11) is 0. The average molecular weight is 219 g/mol. The molecule has 0 amide bonds. The third-order valence-electron chi connectivity index (χ3n) is 1.85. The van der Waals surface area contributed by atoms with Gasteiger partial charge in [0, 0.05) is 0 Å². The Morgan fingerprint density at radius 2 is 2.25 bits per heavy atom. The van der Waals surface area contributed by atoms with Crippen molar-refractivity contribution in [2.75, 3.05) is 12.3 Å². The van der Waals surface area contributed by atoms with Crippen LogP contribution in [0.15, 0.2) is 24.3 Å². The van der Waals surface area contributed by atoms with E-state index in [1.165, 1.54) is 0 Å². The van der Waals surface area contributed by atoms with Crippen molar-refractivity contribution in [1.82, 2.24) is 0 Å². The maximum Gasteiger partial charge on any atom is 0.347 e. The molecule has 0 saturated heterocycles. The van der Waals surface area contributed by atoms with Gasteiger partial charge in [-0.05, 0) is 19.1 Å². The quantitative estimate of drug-likeness (QED) is 0.469. The Morgan fingerprint density at radius 3 is 2.88 bits per heavy atom. The summed E-state index contributed by atoms with van der Waals surface area (Å²) in [5, 5.41) is 0. The first-order valence-electron chi connectivity index (χ1n) is 4.76. The predicted octanol–water partition coefficient (Wildman–Crippen LogP) is 1.21. The van der Waals surface area contributed by atoms with Crippen LogP contribution in [0.1, 0.15) is 6.92 Å². The molecule has 0 saturated carbocycles. The molecule has 0 aliphatic rings. The molecule has 0 fully saturated rings. The molecule has 2 N–H and O–H groups in total. The zero-order valence-electron chi connectivity index (χ0n) is 8.97. The number of ether oxygens (including phenoxy) is 2. The average Bonchev–Trinajstić information content (AvgIpc) is 2.28. The fourth-order valence-corrected chi connectivity index (χ4v) is 1.06. The molecule has 1 atom stereocenters. The number of anilines is 1. The Balaban J connectivity index is 2.58. The number of hydrogen-bond donors (Lipinski definition) is 1. The molecule has 0 aliphatic carbocycles. The normalized spacial score (nSPS) is 11.2. The van der Waals surface area contributed by atoms with Crippen LogP contribution in [0.25, 0.3) is 0 Å². The van der Waals surface area contributed by atoms with E-state index in [4.69, 9.17) is 21.6 Å². The molecular weight excluding hydrogens is 206 g/mol. The summed E-state index contributed by atoms with van der Waals surface area (Å²) in [5.74, 6) is 2.14. The zero-order valence-corrected chi connectivity index (χ0v) is 8.97. The van der Waals surface area contributed by atoms with Crippen LogP contribution < -0.4 is 10.5 Å². The first kappa shape index (κ1) is 11.9. The van der Waals surface area contributed by atoms with Gasteiger partial charge in [0.25, 0.3) is 0 Å². The van der Waals surface area contributed by atoms with E-state index in [0.717, 1.165) is 0 Å². The van der Waals surface area contributed by atoms with E-state index in [1.807, 2.05) is 0 Å². The number of esters is 1. The lowest BCUT2D eigenvalue weighted by Crippen LogP contribution is -2.26. The molecule has 4 nitrogen and oxygen atoms in total. The maximum atomic E-state index is 11.3. The Labute approximate surface area is 94.3 Å². The van der Waals surface area contributed by atoms with E-state index in [2.05, 4.69) is 5.92 Å². The van der Waals surface area contributed by atoms with Gasteiger partial charge in [-0.2, -0.15) is 0 Å². The van der Waals surface area contributed by atoms with Crippen molar-refractivity contribution in [3.8, 4) is 18.1 Å². The summed E-state index contributed by atoms with van der Waals surface area (Å²) in [6, 6.07) is 6.92. The Bertz CT molecular complexity index is 409. The number of carbonyl (C=O) groups is 1. The molecule has 1 aromatic rings. The standard InChI is InChI=1S/C12H13NO3/c1-3-8-15-12(14)9(2)16-11-7-5-4-6-10(11)13/h1,4-7,9H,8,13H2,2H3. The van der Waals surface area contributed by atoms with E-state index in [-0.39, 0.29) is 6.61 Å². The third-order valence-corrected chi connectivity index (χ3v) is 1.85. The van der Waals surface area contributed by atoms with Gasteiger partial charge in [0.1, 0.15) is 5.75 Å². The molecule has 1 aromatic carbocycles. The molecule has 0 heterocycles. The molecule has 84 valence electrons. The number of para-hydroxylation sites is 2. The van der Waals surface area contributed by atoms with Crippen molar-refractivity contribution in [2.24, 2.45) is 0 Å². The largest absolute Gasteiger partial charge is 0.477 e. The van der Waals surface area contributed by atoms with E-state index >= 15 is 0 Å². The number of nitrogens with two attached hydrogens (primary N) is 1. The highest BCUT2D eigenvalue weighted by molar-refractivity contribution is 5.75. The van der Waals surface area contributed by atoms with Crippen molar-refractivity contribution in [2.45, 2.75) is 13.0 Å². The maximum absolute atomic E-state index is 11.3. The zero-order chi connectivity index (χ0) is 12.0. The molecule has 0 bridgehead atoms. The van der Waals surface area contributed by atoms with Gasteiger partial charge in [0.05, 0.1) is 5.69 Å². The van der Waals surface area contributed by atoms with Crippen molar-refractivity contribution in [1.29, 1.82) is 0 Å². The van der Waals surface area contributed by atoms with Gasteiger partial charge in [0.2, 0.25) is 0 Å². The molecule has 0 spiro atoms. The van der Waals surface area contributed by atoms with Crippen molar-refractivity contribution in [3.63, 3.8) is 0 Å². The predicted molar refractivity (Wildman–Crippen MR) is 60.7 cm³/mol. The van der Waals surface area contributed by atoms with Gasteiger partial charge in [-0.3, -0.25) is 0 Å². The second kappa shape index (κ2) is 5.66. The van der Waals surface area contributed by atoms with Crippen LogP contribution in [0, 0.1) is 12.3 Å². The summed E-state index contributed by atoms with van der Waals surface area (Å²) in [5.41, 5.74) is 6.13. The van der Waals surface area contributed by atoms with E-state index in [0.29, 0.717) is 11.4 Å². The third kappa shape index (κ3) is 3.21. The molecular formula is C12H13NO3. The highest BCUT2D eigenvalue weighted by Crippen LogP contribution is 2.21. The summed E-state index contributed by atoms with van der Waals surface area (Å²) >= 11 is 0. The minimum absolute atomic E-state index is 0.0587. The molecule has 16 heavy (non-hydrogen) atoms. The lowest BCUT2D eigenvalue weighted by Gasteiger charge is -2.14. The molecule has 0 aromatic heterocycles. The summed E-state index contributed by atoms with van der Waals surface area (Å²) in [4.78, 5) is 11.3. The number of hydrogen-bond acceptors (Lipinski definition) is 4. The van der Waals surface area contributed by atoms with Gasteiger partial charge < -0.3 is 15.2 Å². The van der Waals surface area contributed by atoms with E-state index in [9.17, 15) is 4.79 Å². The van der Waals surface area contributed by atoms with Crippen LogP contribution in [0.5, 0.6) is 5.75 Å². The van der Waals surface area contributed by atoms with Gasteiger partial charge in [-0.15, -0.1) is 6.42 Å². The van der Waals surface area contributed by atoms with Crippen LogP contribution in [-0.2, 0) is 9.53 Å². The van der Waals surface area contributed by atoms with Crippen molar-refractivity contribution >= 4 is 11.7 Å². The Kier molecular flexibility index (Phi) is 4.22. The molecule has 1 rings (SSSR count). The van der Waals surface area contributed by atoms with Crippen LogP contribution in [0.2, 0.25) is 0 Å². The van der Waals surface area contributed by atoms with Gasteiger partial charge in [-0.1, -0.05) is 18.1 Å². The smallest absolute Gasteiger partial charge is 0.347 e. The first-order chi connectivity index (χ1) is 7.65. The fourth-order valence-electron chi connectivity index (χ4n) is 1.06. The van der Waals surface area contributed by atoms with Crippen LogP contribution in [0.3, 0.4) is 0 Å². The summed E-state index contributed by atoms with van der Waals surface area (Å²) in [6.07, 6.45) is 4.23. The number of benzene rings is 1. The molecule has 0 aliphatic heterocycles. The van der Waals surface area contributed by atoms with Crippen LogP contribution in [0.4, 0.5) is 5.69 Å². The minimum Gasteiger partial charge on any atom is -0.477 e. The highest BCUT2D eigenvalue weighted by Gasteiger charge is 2.16. The highest BCUT2D eigenvalue weighted by atomic mass is 16.6. The van der Waals surface area contributed by atoms with E-state index in [1.54, 1.807) is 31.2 Å². The molecule has 0 radical (unpaired) electrons. The number of terminal acetylenes is 1. The number of nitrogen functional groups attached to an aromatic ring is 1. The lowest BCUT2D eigenvalue weighted by atomic mass is 10.3. The SMILES string of the molecule is C#CCOC(=O)C(C)Oc1ccccc1N. The van der Waals surface area contributed by atoms with Gasteiger partial charge in [-0.25, -0.2) is 4.79 Å². The number of rotatable bonds is 4. The monoisotopic (exact) mass is 219 g/mol. The van der Waals surface area contributed by atoms with Gasteiger partial charge in [0.15, 0.2) is 12.7 Å². The topological polar surface area (TPSA) is 61.5 Å². The summed E-state index contributed by atoms with van der Waals surface area (Å²) < 4.78 is 10.1. The second-order valence-electron chi connectivity index (χ2n) is 3.11. The summed E-state index contributed by atoms with van der Waals surface area (Å²) in [6.45, 7) is 1.52. The van der Waals surface area contributed by atoms with Crippen molar-refractivity contribution < 1.29 is 14.3 Å². The van der Waals surface area contributed by atoms with E-state index < -0.39 is 12.1 Å². The lowest BCUT2D eigenvalue weighted by molar-refractivity contribution is -0.149. The number of carbonyl (C=O) groups excluding carboxylic acids is 1. The Morgan fingerprint density at radius 1 is 1.56 bits per heavy atom. The minimum atomic E-state index is -0.738. The second-order valence-corrected chi connectivity index (χ2v) is 3.11.